The van der Waals surface area contributed by atoms with Crippen molar-refractivity contribution in [1.29, 1.82) is 0 Å². The Morgan fingerprint density at radius 3 is 2.93 bits per heavy atom. The maximum atomic E-state index is 3.21. The number of hydrogen-bond acceptors (Lipinski definition) is 1. The van der Waals surface area contributed by atoms with Crippen LogP contribution in [-0.4, -0.2) is 25.0 Å². The van der Waals surface area contributed by atoms with Crippen molar-refractivity contribution in [2.75, 3.05) is 20.1 Å². The molecule has 0 fully saturated rings. The first-order valence-corrected chi connectivity index (χ1v) is 5.27. The third-order valence-electron chi connectivity index (χ3n) is 2.41. The van der Waals surface area contributed by atoms with Gasteiger partial charge in [-0.15, -0.1) is 5.92 Å². The summed E-state index contributed by atoms with van der Waals surface area (Å²) in [6.45, 7) is 6.22. The van der Waals surface area contributed by atoms with Crippen molar-refractivity contribution in [1.82, 2.24) is 4.90 Å². The van der Waals surface area contributed by atoms with Crippen LogP contribution < -0.4 is 0 Å². The van der Waals surface area contributed by atoms with Crippen LogP contribution in [0.15, 0.2) is 23.3 Å². The number of allylic oxidation sites excluding steroid dienone is 2. The molecule has 1 heterocycles. The van der Waals surface area contributed by atoms with Crippen LogP contribution in [0.2, 0.25) is 0 Å². The molecule has 0 aliphatic carbocycles. The highest BCUT2D eigenvalue weighted by atomic mass is 15.1. The van der Waals surface area contributed by atoms with Gasteiger partial charge in [0.05, 0.1) is 0 Å². The molecule has 0 N–H and O–H groups in total. The van der Waals surface area contributed by atoms with Crippen LogP contribution in [0.3, 0.4) is 0 Å². The molecule has 1 aliphatic heterocycles. The minimum absolute atomic E-state index is 1.00. The van der Waals surface area contributed by atoms with Gasteiger partial charge in [-0.25, -0.2) is 0 Å². The average Bonchev–Trinajstić information content (AvgIpc) is 2.17. The summed E-state index contributed by atoms with van der Waals surface area (Å²) in [4.78, 5) is 2.32. The van der Waals surface area contributed by atoms with Crippen molar-refractivity contribution in [2.45, 2.75) is 26.7 Å². The Morgan fingerprint density at radius 1 is 1.50 bits per heavy atom. The minimum atomic E-state index is 1.00. The van der Waals surface area contributed by atoms with E-state index < -0.39 is 0 Å². The Morgan fingerprint density at radius 2 is 2.29 bits per heavy atom. The number of likely N-dealkylation sites (N-methyl/N-ethyl adjacent to an activating group) is 1. The Hall–Kier alpha value is -1.00. The Balaban J connectivity index is 2.85. The van der Waals surface area contributed by atoms with E-state index in [0.717, 1.165) is 25.9 Å². The maximum absolute atomic E-state index is 3.21. The molecule has 0 spiro atoms. The topological polar surface area (TPSA) is 3.24 Å². The van der Waals surface area contributed by atoms with Gasteiger partial charge in [-0.1, -0.05) is 25.0 Å². The monoisotopic (exact) mass is 189 g/mol. The molecule has 0 radical (unpaired) electrons. The zero-order valence-corrected chi connectivity index (χ0v) is 9.43. The third kappa shape index (κ3) is 3.05. The van der Waals surface area contributed by atoms with Crippen LogP contribution in [-0.2, 0) is 0 Å². The number of nitrogens with zero attached hydrogens (tertiary/aromatic N) is 1. The second-order valence-electron chi connectivity index (χ2n) is 3.68. The number of rotatable bonds is 2. The molecule has 14 heavy (non-hydrogen) atoms. The van der Waals surface area contributed by atoms with Crippen LogP contribution in [0.1, 0.15) is 26.7 Å². The van der Waals surface area contributed by atoms with E-state index >= 15 is 0 Å². The summed E-state index contributed by atoms with van der Waals surface area (Å²) in [5.74, 6) is 6.21. The second-order valence-corrected chi connectivity index (χ2v) is 3.68. The molecule has 1 rings (SSSR count). The van der Waals surface area contributed by atoms with Gasteiger partial charge < -0.3 is 4.90 Å². The Kier molecular flexibility index (Phi) is 4.49. The van der Waals surface area contributed by atoms with Crippen LogP contribution in [0.25, 0.3) is 0 Å². The van der Waals surface area contributed by atoms with Crippen LogP contribution >= 0.6 is 0 Å². The molecule has 0 saturated carbocycles. The Bertz CT molecular complexity index is 299. The lowest BCUT2D eigenvalue weighted by molar-refractivity contribution is 0.355. The first-order valence-electron chi connectivity index (χ1n) is 5.27. The molecule has 0 aromatic heterocycles. The van der Waals surface area contributed by atoms with E-state index in [-0.39, 0.29) is 0 Å². The van der Waals surface area contributed by atoms with E-state index in [1.165, 1.54) is 11.1 Å². The molecular formula is C13H19N. The van der Waals surface area contributed by atoms with E-state index in [1.54, 1.807) is 0 Å². The van der Waals surface area contributed by atoms with Gasteiger partial charge in [0.1, 0.15) is 0 Å². The van der Waals surface area contributed by atoms with E-state index in [4.69, 9.17) is 0 Å². The van der Waals surface area contributed by atoms with Crippen molar-refractivity contribution in [3.8, 4) is 11.8 Å². The SMILES string of the molecule is CC#CC1=C(/C=C\CC)CCN(C)C1. The molecule has 1 heteroatoms. The fraction of sp³-hybridized carbons (Fsp3) is 0.538. The molecule has 0 aromatic rings. The number of hydrogen-bond donors (Lipinski definition) is 0. The Labute approximate surface area is 87.5 Å². The zero-order valence-electron chi connectivity index (χ0n) is 9.43. The first kappa shape index (κ1) is 11.1. The normalized spacial score (nSPS) is 18.5. The lowest BCUT2D eigenvalue weighted by Crippen LogP contribution is -2.27. The highest BCUT2D eigenvalue weighted by Gasteiger charge is 2.12. The summed E-state index contributed by atoms with van der Waals surface area (Å²) in [6.07, 6.45) is 6.70. The van der Waals surface area contributed by atoms with E-state index in [0.29, 0.717) is 0 Å². The van der Waals surface area contributed by atoms with Gasteiger partial charge in [-0.2, -0.15) is 0 Å². The zero-order chi connectivity index (χ0) is 10.4. The van der Waals surface area contributed by atoms with Gasteiger partial charge in [-0.05, 0) is 32.4 Å². The van der Waals surface area contributed by atoms with Crippen LogP contribution in [0.4, 0.5) is 0 Å². The largest absolute Gasteiger partial charge is 0.301 e. The van der Waals surface area contributed by atoms with Gasteiger partial charge in [0.2, 0.25) is 0 Å². The summed E-state index contributed by atoms with van der Waals surface area (Å²) in [6, 6.07) is 0. The van der Waals surface area contributed by atoms with Gasteiger partial charge in [0.25, 0.3) is 0 Å². The molecule has 0 bridgehead atoms. The molecule has 76 valence electrons. The fourth-order valence-corrected chi connectivity index (χ4v) is 1.63. The summed E-state index contributed by atoms with van der Waals surface area (Å²) in [5.41, 5.74) is 2.73. The predicted octanol–water partition coefficient (Wildman–Crippen LogP) is 2.61. The summed E-state index contributed by atoms with van der Waals surface area (Å²) in [7, 11) is 2.15. The van der Waals surface area contributed by atoms with Crippen LogP contribution in [0, 0.1) is 11.8 Å². The van der Waals surface area contributed by atoms with Crippen molar-refractivity contribution < 1.29 is 0 Å². The minimum Gasteiger partial charge on any atom is -0.301 e. The highest BCUT2D eigenvalue weighted by molar-refractivity contribution is 5.41. The van der Waals surface area contributed by atoms with Gasteiger partial charge >= 0.3 is 0 Å². The van der Waals surface area contributed by atoms with Gasteiger partial charge in [-0.3, -0.25) is 0 Å². The highest BCUT2D eigenvalue weighted by Crippen LogP contribution is 2.17. The van der Waals surface area contributed by atoms with Crippen molar-refractivity contribution in [3.63, 3.8) is 0 Å². The lowest BCUT2D eigenvalue weighted by atomic mass is 10.00. The molecule has 0 unspecified atom stereocenters. The standard InChI is InChI=1S/C13H19N/c1-4-6-8-12-9-10-14(3)11-13(12)7-5-2/h6,8H,4,9-11H2,1-3H3/b8-6-. The van der Waals surface area contributed by atoms with E-state index in [1.807, 2.05) is 6.92 Å². The quantitative estimate of drug-likeness (QED) is 0.604. The summed E-state index contributed by atoms with van der Waals surface area (Å²) in [5, 5.41) is 0. The maximum Gasteiger partial charge on any atom is 0.0313 e. The predicted molar refractivity (Wildman–Crippen MR) is 62.0 cm³/mol. The lowest BCUT2D eigenvalue weighted by Gasteiger charge is -2.23. The molecule has 0 amide bonds. The van der Waals surface area contributed by atoms with E-state index in [2.05, 4.69) is 42.9 Å². The fourth-order valence-electron chi connectivity index (χ4n) is 1.63. The van der Waals surface area contributed by atoms with Crippen LogP contribution in [0.5, 0.6) is 0 Å². The summed E-state index contributed by atoms with van der Waals surface area (Å²) < 4.78 is 0. The second kappa shape index (κ2) is 5.67. The van der Waals surface area contributed by atoms with Gasteiger partial charge in [0.15, 0.2) is 0 Å². The smallest absolute Gasteiger partial charge is 0.0313 e. The average molecular weight is 189 g/mol. The molecular weight excluding hydrogens is 170 g/mol. The molecule has 1 aliphatic rings. The van der Waals surface area contributed by atoms with Crippen molar-refractivity contribution >= 4 is 0 Å². The molecule has 0 atom stereocenters. The molecule has 0 aromatic carbocycles. The summed E-state index contributed by atoms with van der Waals surface area (Å²) >= 11 is 0. The molecule has 1 nitrogen and oxygen atoms in total. The van der Waals surface area contributed by atoms with E-state index in [9.17, 15) is 0 Å². The van der Waals surface area contributed by atoms with Crippen molar-refractivity contribution in [2.24, 2.45) is 0 Å². The third-order valence-corrected chi connectivity index (χ3v) is 2.41. The first-order chi connectivity index (χ1) is 6.77. The molecule has 0 saturated heterocycles. The van der Waals surface area contributed by atoms with Crippen molar-refractivity contribution in [3.05, 3.63) is 23.3 Å². The van der Waals surface area contributed by atoms with Gasteiger partial charge in [0, 0.05) is 18.7 Å².